The molecule has 0 atom stereocenters. The van der Waals surface area contributed by atoms with Crippen molar-refractivity contribution in [3.05, 3.63) is 28.0 Å². The van der Waals surface area contributed by atoms with Crippen molar-refractivity contribution in [2.24, 2.45) is 5.92 Å². The van der Waals surface area contributed by atoms with Gasteiger partial charge >= 0.3 is 7.48 Å². The van der Waals surface area contributed by atoms with E-state index in [9.17, 15) is 4.39 Å². The number of benzene rings is 1. The van der Waals surface area contributed by atoms with Gasteiger partial charge in [-0.3, -0.25) is 0 Å². The fourth-order valence-electron chi connectivity index (χ4n) is 0.983. The standard InChI is InChI=1S/C12H15BCl2FO/c1-7(2)12(3,4)17-13-8-5-6-9(16)11(15)10(8)14/h5-7H,1-4H3. The Hall–Kier alpha value is -0.245. The van der Waals surface area contributed by atoms with Crippen LogP contribution in [0, 0.1) is 11.7 Å². The lowest BCUT2D eigenvalue weighted by atomic mass is 9.84. The second-order valence-electron chi connectivity index (χ2n) is 4.76. The molecular formula is C12H15BCl2FO. The molecule has 0 saturated heterocycles. The molecule has 0 N–H and O–H groups in total. The third-order valence-electron chi connectivity index (χ3n) is 2.95. The van der Waals surface area contributed by atoms with Gasteiger partial charge in [0.2, 0.25) is 0 Å². The molecule has 0 fully saturated rings. The molecule has 1 aromatic carbocycles. The Morgan fingerprint density at radius 3 is 2.35 bits per heavy atom. The Labute approximate surface area is 113 Å². The lowest BCUT2D eigenvalue weighted by Gasteiger charge is -2.30. The first-order chi connectivity index (χ1) is 7.75. The quantitative estimate of drug-likeness (QED) is 0.600. The predicted octanol–water partition coefficient (Wildman–Crippen LogP) is 3.83. The van der Waals surface area contributed by atoms with Crippen LogP contribution >= 0.6 is 23.2 Å². The Morgan fingerprint density at radius 2 is 1.82 bits per heavy atom. The summed E-state index contributed by atoms with van der Waals surface area (Å²) in [7, 11) is 1.52. The van der Waals surface area contributed by atoms with Crippen LogP contribution in [0.4, 0.5) is 4.39 Å². The molecule has 93 valence electrons. The monoisotopic (exact) mass is 275 g/mol. The van der Waals surface area contributed by atoms with Crippen molar-refractivity contribution in [1.29, 1.82) is 0 Å². The number of hydrogen-bond acceptors (Lipinski definition) is 1. The van der Waals surface area contributed by atoms with Crippen LogP contribution < -0.4 is 5.46 Å². The summed E-state index contributed by atoms with van der Waals surface area (Å²) >= 11 is 11.6. The summed E-state index contributed by atoms with van der Waals surface area (Å²) in [5, 5.41) is 0.0950. The van der Waals surface area contributed by atoms with Crippen LogP contribution in [0.2, 0.25) is 10.0 Å². The fourth-order valence-corrected chi connectivity index (χ4v) is 1.35. The molecule has 0 heterocycles. The number of hydrogen-bond donors (Lipinski definition) is 0. The van der Waals surface area contributed by atoms with Gasteiger partial charge in [-0.2, -0.15) is 0 Å². The van der Waals surface area contributed by atoms with Crippen molar-refractivity contribution in [3.8, 4) is 0 Å². The first-order valence-corrected chi connectivity index (χ1v) is 6.16. The van der Waals surface area contributed by atoms with Gasteiger partial charge in [-0.25, -0.2) is 4.39 Å². The largest absolute Gasteiger partial charge is 0.429 e. The van der Waals surface area contributed by atoms with Gasteiger partial charge in [0, 0.05) is 5.60 Å². The maximum atomic E-state index is 13.1. The molecule has 1 rings (SSSR count). The third-order valence-corrected chi connectivity index (χ3v) is 3.82. The van der Waals surface area contributed by atoms with E-state index in [0.717, 1.165) is 0 Å². The molecule has 1 aromatic rings. The van der Waals surface area contributed by atoms with E-state index in [0.29, 0.717) is 11.4 Å². The molecule has 0 aromatic heterocycles. The zero-order chi connectivity index (χ0) is 13.2. The van der Waals surface area contributed by atoms with E-state index in [4.69, 9.17) is 27.9 Å². The molecule has 0 amide bonds. The fraction of sp³-hybridized carbons (Fsp3) is 0.500. The highest BCUT2D eigenvalue weighted by atomic mass is 35.5. The van der Waals surface area contributed by atoms with E-state index in [2.05, 4.69) is 13.8 Å². The molecule has 1 nitrogen and oxygen atoms in total. The average Bonchev–Trinajstić information content (AvgIpc) is 2.25. The second-order valence-corrected chi connectivity index (χ2v) is 5.51. The zero-order valence-electron chi connectivity index (χ0n) is 10.4. The Kier molecular flexibility index (Phi) is 4.88. The highest BCUT2D eigenvalue weighted by Gasteiger charge is 2.24. The third kappa shape index (κ3) is 3.61. The number of rotatable bonds is 4. The van der Waals surface area contributed by atoms with Gasteiger partial charge < -0.3 is 4.65 Å². The molecule has 0 spiro atoms. The molecule has 0 unspecified atom stereocenters. The molecule has 5 heteroatoms. The first-order valence-electron chi connectivity index (χ1n) is 5.40. The van der Waals surface area contributed by atoms with Crippen molar-refractivity contribution in [1.82, 2.24) is 0 Å². The molecule has 1 radical (unpaired) electrons. The van der Waals surface area contributed by atoms with Crippen molar-refractivity contribution in [3.63, 3.8) is 0 Å². The summed E-state index contributed by atoms with van der Waals surface area (Å²) in [5.74, 6) is -0.189. The van der Waals surface area contributed by atoms with E-state index < -0.39 is 5.82 Å². The van der Waals surface area contributed by atoms with Crippen molar-refractivity contribution in [2.45, 2.75) is 33.3 Å². The summed E-state index contributed by atoms with van der Waals surface area (Å²) in [6.45, 7) is 8.08. The van der Waals surface area contributed by atoms with E-state index in [1.165, 1.54) is 13.5 Å². The van der Waals surface area contributed by atoms with Crippen LogP contribution in [0.5, 0.6) is 0 Å². The van der Waals surface area contributed by atoms with Gasteiger partial charge in [-0.05, 0) is 31.3 Å². The van der Waals surface area contributed by atoms with Crippen LogP contribution in [0.1, 0.15) is 27.7 Å². The summed E-state index contributed by atoms with van der Waals surface area (Å²) in [5.41, 5.74) is 0.260. The van der Waals surface area contributed by atoms with Crippen LogP contribution in [0.15, 0.2) is 12.1 Å². The smallest absolute Gasteiger partial charge is 0.332 e. The van der Waals surface area contributed by atoms with Crippen molar-refractivity contribution in [2.75, 3.05) is 0 Å². The van der Waals surface area contributed by atoms with Crippen LogP contribution in [0.3, 0.4) is 0 Å². The molecule has 0 aliphatic carbocycles. The van der Waals surface area contributed by atoms with Gasteiger partial charge in [0.1, 0.15) is 5.82 Å². The Balaban J connectivity index is 2.81. The molecule has 0 saturated carbocycles. The molecule has 0 aliphatic heterocycles. The highest BCUT2D eigenvalue weighted by molar-refractivity contribution is 6.56. The topological polar surface area (TPSA) is 9.23 Å². The zero-order valence-corrected chi connectivity index (χ0v) is 11.9. The Morgan fingerprint density at radius 1 is 1.24 bits per heavy atom. The minimum absolute atomic E-state index is 0.0774. The average molecular weight is 276 g/mol. The minimum atomic E-state index is -0.531. The van der Waals surface area contributed by atoms with Crippen molar-refractivity contribution < 1.29 is 9.04 Å². The lowest BCUT2D eigenvalue weighted by Crippen LogP contribution is -2.36. The molecule has 0 aliphatic rings. The van der Waals surface area contributed by atoms with E-state index in [-0.39, 0.29) is 15.6 Å². The summed E-state index contributed by atoms with van der Waals surface area (Å²) in [6.07, 6.45) is 0. The van der Waals surface area contributed by atoms with Gasteiger partial charge in [0.25, 0.3) is 0 Å². The van der Waals surface area contributed by atoms with Crippen LogP contribution in [-0.2, 0) is 4.65 Å². The highest BCUT2D eigenvalue weighted by Crippen LogP contribution is 2.24. The van der Waals surface area contributed by atoms with Crippen LogP contribution in [0.25, 0.3) is 0 Å². The van der Waals surface area contributed by atoms with Crippen molar-refractivity contribution >= 4 is 36.1 Å². The number of halogens is 3. The Bertz CT molecular complexity index is 408. The van der Waals surface area contributed by atoms with Gasteiger partial charge in [-0.15, -0.1) is 0 Å². The molecule has 0 bridgehead atoms. The van der Waals surface area contributed by atoms with E-state index in [1.807, 2.05) is 13.8 Å². The summed E-state index contributed by atoms with van der Waals surface area (Å²) in [4.78, 5) is 0. The second kappa shape index (κ2) is 5.60. The summed E-state index contributed by atoms with van der Waals surface area (Å²) in [6, 6.07) is 2.81. The minimum Gasteiger partial charge on any atom is -0.429 e. The van der Waals surface area contributed by atoms with E-state index in [1.54, 1.807) is 6.07 Å². The van der Waals surface area contributed by atoms with Gasteiger partial charge in [0.05, 0.1) is 10.0 Å². The van der Waals surface area contributed by atoms with Gasteiger partial charge in [-0.1, -0.05) is 43.1 Å². The predicted molar refractivity (Wildman–Crippen MR) is 71.8 cm³/mol. The van der Waals surface area contributed by atoms with E-state index >= 15 is 0 Å². The SMILES string of the molecule is CC(C)C(C)(C)O[B]c1ccc(F)c(Cl)c1Cl. The lowest BCUT2D eigenvalue weighted by molar-refractivity contribution is 0.0668. The van der Waals surface area contributed by atoms with Gasteiger partial charge in [0.15, 0.2) is 0 Å². The normalized spacial score (nSPS) is 12.0. The maximum absolute atomic E-state index is 13.1. The summed E-state index contributed by atoms with van der Waals surface area (Å²) < 4.78 is 18.8. The molecular weight excluding hydrogens is 261 g/mol. The molecule has 17 heavy (non-hydrogen) atoms. The van der Waals surface area contributed by atoms with Crippen LogP contribution in [-0.4, -0.2) is 13.1 Å². The maximum Gasteiger partial charge on any atom is 0.332 e. The first kappa shape index (κ1) is 14.8.